The molecule has 2 aromatic carbocycles. The molecule has 0 heterocycles. The Labute approximate surface area is 170 Å². The lowest BCUT2D eigenvalue weighted by atomic mass is 10.2. The predicted octanol–water partition coefficient (Wildman–Crippen LogP) is 2.19. The minimum atomic E-state index is -3.62. The minimum absolute atomic E-state index is 0.0393. The van der Waals surface area contributed by atoms with Gasteiger partial charge in [0.25, 0.3) is 5.91 Å². The van der Waals surface area contributed by atoms with Gasteiger partial charge in [-0.1, -0.05) is 18.2 Å². The van der Waals surface area contributed by atoms with E-state index in [9.17, 15) is 18.0 Å². The van der Waals surface area contributed by atoms with Crippen molar-refractivity contribution in [3.8, 4) is 5.75 Å². The number of rotatable bonds is 8. The molecule has 1 amide bonds. The lowest BCUT2D eigenvalue weighted by molar-refractivity contribution is -0.153. The zero-order valence-electron chi connectivity index (χ0n) is 16.7. The molecule has 2 aromatic rings. The molecular weight excluding hydrogens is 396 g/mol. The topological polar surface area (TPSA) is 102 Å². The number of amides is 1. The third-order valence-electron chi connectivity index (χ3n) is 3.88. The summed E-state index contributed by atoms with van der Waals surface area (Å²) in [6.45, 7) is 2.90. The Morgan fingerprint density at radius 2 is 1.79 bits per heavy atom. The van der Waals surface area contributed by atoms with Crippen molar-refractivity contribution >= 4 is 27.6 Å². The van der Waals surface area contributed by atoms with E-state index in [-0.39, 0.29) is 10.6 Å². The first-order valence-corrected chi connectivity index (χ1v) is 10.3. The fourth-order valence-electron chi connectivity index (χ4n) is 2.34. The number of aryl methyl sites for hydroxylation is 1. The van der Waals surface area contributed by atoms with Gasteiger partial charge in [-0.3, -0.25) is 4.79 Å². The largest absolute Gasteiger partial charge is 0.479 e. The first-order valence-electron chi connectivity index (χ1n) is 8.82. The molecule has 0 aliphatic carbocycles. The normalized spacial score (nSPS) is 12.3. The molecule has 9 heteroatoms. The van der Waals surface area contributed by atoms with Crippen molar-refractivity contribution in [2.24, 2.45) is 0 Å². The van der Waals surface area contributed by atoms with Crippen LogP contribution in [0.25, 0.3) is 0 Å². The van der Waals surface area contributed by atoms with Crippen LogP contribution < -0.4 is 10.1 Å². The number of hydrogen-bond acceptors (Lipinski definition) is 6. The van der Waals surface area contributed by atoms with Crippen LogP contribution in [0, 0.1) is 6.92 Å². The van der Waals surface area contributed by atoms with Crippen LogP contribution in [0.15, 0.2) is 53.4 Å². The summed E-state index contributed by atoms with van der Waals surface area (Å²) in [6, 6.07) is 13.0. The van der Waals surface area contributed by atoms with Crippen LogP contribution in [0.3, 0.4) is 0 Å². The van der Waals surface area contributed by atoms with Gasteiger partial charge in [0.15, 0.2) is 12.7 Å². The molecule has 0 radical (unpaired) electrons. The monoisotopic (exact) mass is 420 g/mol. The van der Waals surface area contributed by atoms with Gasteiger partial charge in [-0.2, -0.15) is 0 Å². The van der Waals surface area contributed by atoms with E-state index in [4.69, 9.17) is 9.47 Å². The minimum Gasteiger partial charge on any atom is -0.479 e. The van der Waals surface area contributed by atoms with Crippen LogP contribution in [0.1, 0.15) is 12.5 Å². The second kappa shape index (κ2) is 9.53. The van der Waals surface area contributed by atoms with Gasteiger partial charge in [-0.15, -0.1) is 0 Å². The molecule has 8 nitrogen and oxygen atoms in total. The maximum Gasteiger partial charge on any atom is 0.347 e. The standard InChI is InChI=1S/C20H24N2O6S/c1-14-7-5-9-17(11-14)28-15(2)20(24)27-13-19(23)21-16-8-6-10-18(12-16)29(25,26)22(3)4/h5-12,15H,13H2,1-4H3,(H,21,23)/t15-/m1/s1. The number of esters is 1. The first kappa shape index (κ1) is 22.4. The maximum atomic E-state index is 12.2. The average Bonchev–Trinajstić information content (AvgIpc) is 2.66. The summed E-state index contributed by atoms with van der Waals surface area (Å²) in [6.07, 6.45) is -0.891. The zero-order valence-corrected chi connectivity index (χ0v) is 17.5. The molecule has 0 unspecified atom stereocenters. The molecule has 1 N–H and O–H groups in total. The summed E-state index contributed by atoms with van der Waals surface area (Å²) < 4.78 is 35.9. The maximum absolute atomic E-state index is 12.2. The predicted molar refractivity (Wildman–Crippen MR) is 108 cm³/mol. The molecule has 2 rings (SSSR count). The summed E-state index contributed by atoms with van der Waals surface area (Å²) in [5, 5.41) is 2.50. The lowest BCUT2D eigenvalue weighted by Crippen LogP contribution is -2.29. The second-order valence-electron chi connectivity index (χ2n) is 6.55. The third-order valence-corrected chi connectivity index (χ3v) is 5.69. The van der Waals surface area contributed by atoms with Crippen molar-refractivity contribution in [2.45, 2.75) is 24.8 Å². The van der Waals surface area contributed by atoms with Crippen LogP contribution in [0.4, 0.5) is 5.69 Å². The summed E-state index contributed by atoms with van der Waals surface area (Å²) in [5.41, 5.74) is 1.26. The molecule has 156 valence electrons. The van der Waals surface area contributed by atoms with Gasteiger partial charge in [0.1, 0.15) is 5.75 Å². The van der Waals surface area contributed by atoms with E-state index in [1.165, 1.54) is 45.3 Å². The van der Waals surface area contributed by atoms with Crippen molar-refractivity contribution in [2.75, 3.05) is 26.0 Å². The Hall–Kier alpha value is -2.91. The number of carbonyl (C=O) groups is 2. The zero-order chi connectivity index (χ0) is 21.6. The average molecular weight is 420 g/mol. The van der Waals surface area contributed by atoms with Gasteiger partial charge < -0.3 is 14.8 Å². The van der Waals surface area contributed by atoms with E-state index in [2.05, 4.69) is 5.32 Å². The Bertz CT molecular complexity index is 988. The highest BCUT2D eigenvalue weighted by Crippen LogP contribution is 2.18. The molecule has 0 spiro atoms. The number of nitrogens with one attached hydrogen (secondary N) is 1. The van der Waals surface area contributed by atoms with Gasteiger partial charge >= 0.3 is 5.97 Å². The number of benzene rings is 2. The molecular formula is C20H24N2O6S. The van der Waals surface area contributed by atoms with Gasteiger partial charge in [-0.05, 0) is 49.7 Å². The van der Waals surface area contributed by atoms with Gasteiger partial charge in [0.2, 0.25) is 10.0 Å². The number of anilines is 1. The fourth-order valence-corrected chi connectivity index (χ4v) is 3.29. The molecule has 0 aromatic heterocycles. The lowest BCUT2D eigenvalue weighted by Gasteiger charge is -2.15. The van der Waals surface area contributed by atoms with Crippen LogP contribution in [-0.2, 0) is 24.3 Å². The number of hydrogen-bond donors (Lipinski definition) is 1. The van der Waals surface area contributed by atoms with Gasteiger partial charge in [-0.25, -0.2) is 17.5 Å². The highest BCUT2D eigenvalue weighted by Gasteiger charge is 2.19. The molecule has 0 bridgehead atoms. The van der Waals surface area contributed by atoms with E-state index < -0.39 is 34.6 Å². The smallest absolute Gasteiger partial charge is 0.347 e. The van der Waals surface area contributed by atoms with Crippen molar-refractivity contribution < 1.29 is 27.5 Å². The second-order valence-corrected chi connectivity index (χ2v) is 8.70. The van der Waals surface area contributed by atoms with E-state index in [1.54, 1.807) is 18.2 Å². The van der Waals surface area contributed by atoms with E-state index in [1.807, 2.05) is 13.0 Å². The Morgan fingerprint density at radius 1 is 1.10 bits per heavy atom. The summed E-state index contributed by atoms with van der Waals surface area (Å²) >= 11 is 0. The van der Waals surface area contributed by atoms with Crippen molar-refractivity contribution in [1.29, 1.82) is 0 Å². The van der Waals surface area contributed by atoms with E-state index in [0.29, 0.717) is 5.75 Å². The van der Waals surface area contributed by atoms with Gasteiger partial charge in [0.05, 0.1) is 4.90 Å². The van der Waals surface area contributed by atoms with Crippen LogP contribution >= 0.6 is 0 Å². The third kappa shape index (κ3) is 6.30. The van der Waals surface area contributed by atoms with Crippen LogP contribution in [0.2, 0.25) is 0 Å². The molecule has 0 fully saturated rings. The van der Waals surface area contributed by atoms with Crippen LogP contribution in [-0.4, -0.2) is 51.4 Å². The Morgan fingerprint density at radius 3 is 2.45 bits per heavy atom. The van der Waals surface area contributed by atoms with Crippen molar-refractivity contribution in [3.63, 3.8) is 0 Å². The van der Waals surface area contributed by atoms with Gasteiger partial charge in [0, 0.05) is 19.8 Å². The summed E-state index contributed by atoms with van der Waals surface area (Å²) in [4.78, 5) is 24.1. The Balaban J connectivity index is 1.90. The summed E-state index contributed by atoms with van der Waals surface area (Å²) in [7, 11) is -0.791. The number of ether oxygens (including phenoxy) is 2. The highest BCUT2D eigenvalue weighted by molar-refractivity contribution is 7.89. The molecule has 0 aliphatic rings. The highest BCUT2D eigenvalue weighted by atomic mass is 32.2. The fraction of sp³-hybridized carbons (Fsp3) is 0.300. The number of sulfonamides is 1. The number of carbonyl (C=O) groups excluding carboxylic acids is 2. The molecule has 0 aliphatic heterocycles. The van der Waals surface area contributed by atoms with E-state index in [0.717, 1.165) is 9.87 Å². The molecule has 29 heavy (non-hydrogen) atoms. The SMILES string of the molecule is Cc1cccc(O[C@H](C)C(=O)OCC(=O)Nc2cccc(S(=O)(=O)N(C)C)c2)c1. The Kier molecular flexibility index (Phi) is 7.35. The van der Waals surface area contributed by atoms with Crippen molar-refractivity contribution in [1.82, 2.24) is 4.31 Å². The molecule has 1 atom stereocenters. The quantitative estimate of drug-likeness (QED) is 0.657. The first-order chi connectivity index (χ1) is 13.6. The molecule has 0 saturated heterocycles. The number of nitrogens with zero attached hydrogens (tertiary/aromatic N) is 1. The van der Waals surface area contributed by atoms with Crippen molar-refractivity contribution in [3.05, 3.63) is 54.1 Å². The molecule has 0 saturated carbocycles. The summed E-state index contributed by atoms with van der Waals surface area (Å²) in [5.74, 6) is -0.760. The van der Waals surface area contributed by atoms with E-state index >= 15 is 0 Å². The van der Waals surface area contributed by atoms with Crippen LogP contribution in [0.5, 0.6) is 5.75 Å².